The molecule has 88 valence electrons. The van der Waals surface area contributed by atoms with Crippen LogP contribution in [0.3, 0.4) is 0 Å². The van der Waals surface area contributed by atoms with Gasteiger partial charge in [-0.15, -0.1) is 0 Å². The summed E-state index contributed by atoms with van der Waals surface area (Å²) in [6.07, 6.45) is 0. The molecule has 0 atom stereocenters. The molecule has 1 aliphatic heterocycles. The van der Waals surface area contributed by atoms with Gasteiger partial charge in [-0.1, -0.05) is 0 Å². The number of rotatable bonds is 4. The Hall–Kier alpha value is -0.610. The highest BCUT2D eigenvalue weighted by atomic mass is 16.5. The van der Waals surface area contributed by atoms with Gasteiger partial charge in [0.05, 0.1) is 18.8 Å². The molecule has 0 aromatic heterocycles. The molecular weight excluding hydrogens is 192 g/mol. The van der Waals surface area contributed by atoms with Gasteiger partial charge in [0.2, 0.25) is 5.91 Å². The molecule has 0 aromatic rings. The van der Waals surface area contributed by atoms with Gasteiger partial charge in [0.15, 0.2) is 0 Å². The molecule has 1 fully saturated rings. The molecule has 0 bridgehead atoms. The highest BCUT2D eigenvalue weighted by Gasteiger charge is 2.44. The van der Waals surface area contributed by atoms with Crippen molar-refractivity contribution in [2.24, 2.45) is 0 Å². The first kappa shape index (κ1) is 12.5. The zero-order chi connectivity index (χ0) is 11.6. The van der Waals surface area contributed by atoms with Crippen molar-refractivity contribution >= 4 is 5.91 Å². The van der Waals surface area contributed by atoms with Crippen molar-refractivity contribution in [2.75, 3.05) is 33.9 Å². The largest absolute Gasteiger partial charge is 0.377 e. The summed E-state index contributed by atoms with van der Waals surface area (Å²) in [5, 5.41) is 0. The van der Waals surface area contributed by atoms with Gasteiger partial charge >= 0.3 is 0 Å². The lowest BCUT2D eigenvalue weighted by Gasteiger charge is -2.51. The predicted octanol–water partition coefficient (Wildman–Crippen LogP) is 0.574. The van der Waals surface area contributed by atoms with E-state index in [1.807, 2.05) is 7.05 Å². The summed E-state index contributed by atoms with van der Waals surface area (Å²) in [5.41, 5.74) is 0.0224. The molecule has 4 heteroatoms. The molecule has 4 nitrogen and oxygen atoms in total. The molecule has 1 amide bonds. The summed E-state index contributed by atoms with van der Waals surface area (Å²) in [7, 11) is 3.94. The second-order valence-electron chi connectivity index (χ2n) is 4.80. The standard InChI is InChI=1S/C11H22N2O2/c1-9(2)13(5)11(7-15-8-11)6-12(4)10(3)14/h9H,6-8H2,1-5H3. The van der Waals surface area contributed by atoms with Gasteiger partial charge < -0.3 is 9.64 Å². The van der Waals surface area contributed by atoms with Gasteiger partial charge in [0, 0.05) is 26.6 Å². The van der Waals surface area contributed by atoms with Crippen LogP contribution in [0.25, 0.3) is 0 Å². The third-order valence-electron chi connectivity index (χ3n) is 3.33. The first-order chi connectivity index (χ1) is 6.89. The Kier molecular flexibility index (Phi) is 3.73. The smallest absolute Gasteiger partial charge is 0.219 e. The average molecular weight is 214 g/mol. The summed E-state index contributed by atoms with van der Waals surface area (Å²) < 4.78 is 5.31. The van der Waals surface area contributed by atoms with Crippen molar-refractivity contribution in [1.82, 2.24) is 9.80 Å². The van der Waals surface area contributed by atoms with Crippen LogP contribution in [0.4, 0.5) is 0 Å². The third kappa shape index (κ3) is 2.49. The fraction of sp³-hybridized carbons (Fsp3) is 0.909. The van der Waals surface area contributed by atoms with Gasteiger partial charge in [-0.25, -0.2) is 0 Å². The van der Waals surface area contributed by atoms with Crippen molar-refractivity contribution in [1.29, 1.82) is 0 Å². The SMILES string of the molecule is CC(=O)N(C)CC1(N(C)C(C)C)COC1. The maximum Gasteiger partial charge on any atom is 0.219 e. The normalized spacial score (nSPS) is 19.1. The lowest BCUT2D eigenvalue weighted by molar-refractivity contribution is -0.158. The maximum atomic E-state index is 11.2. The van der Waals surface area contributed by atoms with E-state index in [2.05, 4.69) is 25.8 Å². The first-order valence-corrected chi connectivity index (χ1v) is 5.41. The molecule has 0 radical (unpaired) electrons. The number of likely N-dealkylation sites (N-methyl/N-ethyl adjacent to an activating group) is 2. The minimum Gasteiger partial charge on any atom is -0.377 e. The minimum absolute atomic E-state index is 0.0224. The molecule has 1 aliphatic rings. The fourth-order valence-electron chi connectivity index (χ4n) is 1.84. The fourth-order valence-corrected chi connectivity index (χ4v) is 1.84. The number of hydrogen-bond donors (Lipinski definition) is 0. The summed E-state index contributed by atoms with van der Waals surface area (Å²) >= 11 is 0. The number of hydrogen-bond acceptors (Lipinski definition) is 3. The number of nitrogens with zero attached hydrogens (tertiary/aromatic N) is 2. The van der Waals surface area contributed by atoms with E-state index in [1.54, 1.807) is 11.8 Å². The predicted molar refractivity (Wildman–Crippen MR) is 59.8 cm³/mol. The average Bonchev–Trinajstić information content (AvgIpc) is 2.09. The van der Waals surface area contributed by atoms with Crippen molar-refractivity contribution < 1.29 is 9.53 Å². The Bertz CT molecular complexity index is 237. The molecule has 0 saturated carbocycles. The van der Waals surface area contributed by atoms with Crippen molar-refractivity contribution in [3.8, 4) is 0 Å². The van der Waals surface area contributed by atoms with Crippen LogP contribution in [-0.4, -0.2) is 61.1 Å². The lowest BCUT2D eigenvalue weighted by Crippen LogP contribution is -2.67. The monoisotopic (exact) mass is 214 g/mol. The zero-order valence-electron chi connectivity index (χ0n) is 10.4. The van der Waals surface area contributed by atoms with E-state index < -0.39 is 0 Å². The Labute approximate surface area is 92.2 Å². The molecule has 1 saturated heterocycles. The summed E-state index contributed by atoms with van der Waals surface area (Å²) in [4.78, 5) is 15.3. The molecule has 1 heterocycles. The van der Waals surface area contributed by atoms with Crippen LogP contribution >= 0.6 is 0 Å². The van der Waals surface area contributed by atoms with E-state index in [4.69, 9.17) is 4.74 Å². The van der Waals surface area contributed by atoms with Gasteiger partial charge in [-0.2, -0.15) is 0 Å². The van der Waals surface area contributed by atoms with Crippen LogP contribution in [0, 0.1) is 0 Å². The molecule has 15 heavy (non-hydrogen) atoms. The summed E-state index contributed by atoms with van der Waals surface area (Å²) in [6.45, 7) is 8.11. The third-order valence-corrected chi connectivity index (χ3v) is 3.33. The quantitative estimate of drug-likeness (QED) is 0.686. The van der Waals surface area contributed by atoms with E-state index in [9.17, 15) is 4.79 Å². The number of ether oxygens (including phenoxy) is 1. The molecule has 1 rings (SSSR count). The molecule has 0 N–H and O–H groups in total. The van der Waals surface area contributed by atoms with Crippen LogP contribution in [0.1, 0.15) is 20.8 Å². The van der Waals surface area contributed by atoms with Crippen LogP contribution < -0.4 is 0 Å². The van der Waals surface area contributed by atoms with Crippen LogP contribution in [0.15, 0.2) is 0 Å². The Morgan fingerprint density at radius 1 is 1.40 bits per heavy atom. The molecule has 0 aliphatic carbocycles. The Morgan fingerprint density at radius 3 is 2.20 bits per heavy atom. The second kappa shape index (κ2) is 4.49. The number of amides is 1. The van der Waals surface area contributed by atoms with Gasteiger partial charge in [0.25, 0.3) is 0 Å². The molecule has 0 unspecified atom stereocenters. The van der Waals surface area contributed by atoms with E-state index in [0.717, 1.165) is 19.8 Å². The summed E-state index contributed by atoms with van der Waals surface area (Å²) in [6, 6.07) is 0.467. The Morgan fingerprint density at radius 2 is 1.93 bits per heavy atom. The van der Waals surface area contributed by atoms with Crippen LogP contribution in [0.2, 0.25) is 0 Å². The minimum atomic E-state index is 0.0224. The van der Waals surface area contributed by atoms with Crippen molar-refractivity contribution in [3.05, 3.63) is 0 Å². The highest BCUT2D eigenvalue weighted by molar-refractivity contribution is 5.72. The van der Waals surface area contributed by atoms with Crippen molar-refractivity contribution in [2.45, 2.75) is 32.4 Å². The highest BCUT2D eigenvalue weighted by Crippen LogP contribution is 2.26. The van der Waals surface area contributed by atoms with Gasteiger partial charge in [-0.3, -0.25) is 9.69 Å². The topological polar surface area (TPSA) is 32.8 Å². The summed E-state index contributed by atoms with van der Waals surface area (Å²) in [5.74, 6) is 0.110. The van der Waals surface area contributed by atoms with E-state index >= 15 is 0 Å². The maximum absolute atomic E-state index is 11.2. The molecule has 0 spiro atoms. The van der Waals surface area contributed by atoms with Gasteiger partial charge in [0.1, 0.15) is 0 Å². The van der Waals surface area contributed by atoms with Crippen LogP contribution in [-0.2, 0) is 9.53 Å². The van der Waals surface area contributed by atoms with E-state index in [1.165, 1.54) is 0 Å². The zero-order valence-corrected chi connectivity index (χ0v) is 10.4. The number of carbonyl (C=O) groups is 1. The molecule has 0 aromatic carbocycles. The van der Waals surface area contributed by atoms with E-state index in [-0.39, 0.29) is 11.4 Å². The Balaban J connectivity index is 2.65. The molecular formula is C11H22N2O2. The van der Waals surface area contributed by atoms with Crippen LogP contribution in [0.5, 0.6) is 0 Å². The first-order valence-electron chi connectivity index (χ1n) is 5.41. The van der Waals surface area contributed by atoms with Gasteiger partial charge in [-0.05, 0) is 20.9 Å². The van der Waals surface area contributed by atoms with E-state index in [0.29, 0.717) is 6.04 Å². The lowest BCUT2D eigenvalue weighted by atomic mass is 9.93. The number of carbonyl (C=O) groups excluding carboxylic acids is 1. The second-order valence-corrected chi connectivity index (χ2v) is 4.80. The van der Waals surface area contributed by atoms with Crippen molar-refractivity contribution in [3.63, 3.8) is 0 Å².